The van der Waals surface area contributed by atoms with Gasteiger partial charge in [0.05, 0.1) is 19.2 Å². The van der Waals surface area contributed by atoms with E-state index in [1.54, 1.807) is 17.9 Å². The first kappa shape index (κ1) is 16.9. The van der Waals surface area contributed by atoms with Crippen molar-refractivity contribution in [3.05, 3.63) is 77.5 Å². The van der Waals surface area contributed by atoms with E-state index < -0.39 is 0 Å². The molecule has 1 aromatic heterocycles. The van der Waals surface area contributed by atoms with Gasteiger partial charge in [-0.15, -0.1) is 0 Å². The lowest BCUT2D eigenvalue weighted by molar-refractivity contribution is -0.0756. The Morgan fingerprint density at radius 1 is 1.12 bits per heavy atom. The van der Waals surface area contributed by atoms with Gasteiger partial charge in [0.25, 0.3) is 5.91 Å². The molecule has 2 aromatic carbocycles. The monoisotopic (exact) mass is 335 g/mol. The van der Waals surface area contributed by atoms with E-state index in [9.17, 15) is 4.79 Å². The number of hydroxylamine groups is 2. The molecule has 0 aliphatic heterocycles. The van der Waals surface area contributed by atoms with Crippen molar-refractivity contribution in [2.24, 2.45) is 0 Å². The SMILES string of the molecule is CON(C)C(=O)c1cn(Cc2ccccc2)nc1-c1ccc(C)cc1. The summed E-state index contributed by atoms with van der Waals surface area (Å²) < 4.78 is 1.79. The van der Waals surface area contributed by atoms with Crippen LogP contribution in [0.1, 0.15) is 21.5 Å². The summed E-state index contributed by atoms with van der Waals surface area (Å²) in [5, 5.41) is 5.87. The van der Waals surface area contributed by atoms with Crippen LogP contribution in [0, 0.1) is 6.92 Å². The van der Waals surface area contributed by atoms with E-state index >= 15 is 0 Å². The zero-order valence-electron chi connectivity index (χ0n) is 14.6. The number of carbonyl (C=O) groups excluding carboxylic acids is 1. The molecule has 0 saturated heterocycles. The quantitative estimate of drug-likeness (QED) is 0.670. The van der Waals surface area contributed by atoms with Crippen LogP contribution in [0.2, 0.25) is 0 Å². The molecule has 5 nitrogen and oxygen atoms in total. The van der Waals surface area contributed by atoms with Gasteiger partial charge in [0.2, 0.25) is 0 Å². The molecule has 1 heterocycles. The van der Waals surface area contributed by atoms with E-state index in [-0.39, 0.29) is 5.91 Å². The number of rotatable bonds is 5. The van der Waals surface area contributed by atoms with Gasteiger partial charge in [0.1, 0.15) is 5.69 Å². The highest BCUT2D eigenvalue weighted by Crippen LogP contribution is 2.24. The Morgan fingerprint density at radius 2 is 1.80 bits per heavy atom. The van der Waals surface area contributed by atoms with Crippen LogP contribution in [0.15, 0.2) is 60.8 Å². The summed E-state index contributed by atoms with van der Waals surface area (Å²) in [6.07, 6.45) is 1.78. The maximum atomic E-state index is 12.7. The van der Waals surface area contributed by atoms with E-state index in [2.05, 4.69) is 5.10 Å². The van der Waals surface area contributed by atoms with Crippen LogP contribution in [-0.2, 0) is 11.4 Å². The number of benzene rings is 2. The second-order valence-corrected chi connectivity index (χ2v) is 5.93. The van der Waals surface area contributed by atoms with E-state index in [0.717, 1.165) is 16.7 Å². The average molecular weight is 335 g/mol. The Kier molecular flexibility index (Phi) is 4.95. The smallest absolute Gasteiger partial charge is 0.274 e. The van der Waals surface area contributed by atoms with E-state index in [1.807, 2.05) is 61.5 Å². The summed E-state index contributed by atoms with van der Waals surface area (Å²) in [7, 11) is 3.06. The predicted octanol–water partition coefficient (Wildman–Crippen LogP) is 3.54. The first-order valence-electron chi connectivity index (χ1n) is 8.09. The number of carbonyl (C=O) groups is 1. The lowest BCUT2D eigenvalue weighted by atomic mass is 10.1. The average Bonchev–Trinajstić information content (AvgIpc) is 3.05. The fraction of sp³-hybridized carbons (Fsp3) is 0.200. The molecular weight excluding hydrogens is 314 g/mol. The van der Waals surface area contributed by atoms with Gasteiger partial charge in [-0.3, -0.25) is 14.3 Å². The van der Waals surface area contributed by atoms with Crippen molar-refractivity contribution in [1.82, 2.24) is 14.8 Å². The summed E-state index contributed by atoms with van der Waals surface area (Å²) in [4.78, 5) is 17.7. The summed E-state index contributed by atoms with van der Waals surface area (Å²) in [6, 6.07) is 18.0. The van der Waals surface area contributed by atoms with Crippen molar-refractivity contribution in [2.75, 3.05) is 14.2 Å². The molecule has 0 N–H and O–H groups in total. The van der Waals surface area contributed by atoms with Gasteiger partial charge in [-0.05, 0) is 12.5 Å². The first-order valence-corrected chi connectivity index (χ1v) is 8.09. The third-order valence-electron chi connectivity index (χ3n) is 4.06. The maximum absolute atomic E-state index is 12.7. The van der Waals surface area contributed by atoms with Crippen LogP contribution in [0.5, 0.6) is 0 Å². The van der Waals surface area contributed by atoms with Gasteiger partial charge in [-0.2, -0.15) is 5.10 Å². The lowest BCUT2D eigenvalue weighted by Crippen LogP contribution is -2.25. The lowest BCUT2D eigenvalue weighted by Gasteiger charge is -2.13. The molecule has 1 amide bonds. The van der Waals surface area contributed by atoms with Gasteiger partial charge in [-0.1, -0.05) is 60.2 Å². The molecule has 0 radical (unpaired) electrons. The van der Waals surface area contributed by atoms with Gasteiger partial charge >= 0.3 is 0 Å². The van der Waals surface area contributed by atoms with Crippen molar-refractivity contribution in [2.45, 2.75) is 13.5 Å². The third kappa shape index (κ3) is 3.78. The molecule has 0 unspecified atom stereocenters. The molecule has 3 rings (SSSR count). The second-order valence-electron chi connectivity index (χ2n) is 5.93. The number of aryl methyl sites for hydroxylation is 1. The van der Waals surface area contributed by atoms with Crippen LogP contribution in [0.25, 0.3) is 11.3 Å². The van der Waals surface area contributed by atoms with Crippen LogP contribution < -0.4 is 0 Å². The summed E-state index contributed by atoms with van der Waals surface area (Å²) in [5.74, 6) is -0.225. The van der Waals surface area contributed by atoms with Crippen molar-refractivity contribution in [3.63, 3.8) is 0 Å². The number of hydrogen-bond acceptors (Lipinski definition) is 3. The maximum Gasteiger partial charge on any atom is 0.280 e. The Hall–Kier alpha value is -2.92. The highest BCUT2D eigenvalue weighted by Gasteiger charge is 2.21. The molecule has 0 saturated carbocycles. The first-order chi connectivity index (χ1) is 12.1. The Balaban J connectivity index is 2.01. The van der Waals surface area contributed by atoms with E-state index in [0.29, 0.717) is 17.8 Å². The zero-order valence-corrected chi connectivity index (χ0v) is 14.6. The molecule has 0 spiro atoms. The van der Waals surface area contributed by atoms with Crippen LogP contribution in [0.4, 0.5) is 0 Å². The molecule has 0 fully saturated rings. The van der Waals surface area contributed by atoms with Crippen LogP contribution >= 0.6 is 0 Å². The van der Waals surface area contributed by atoms with Crippen molar-refractivity contribution >= 4 is 5.91 Å². The van der Waals surface area contributed by atoms with E-state index in [4.69, 9.17) is 4.84 Å². The minimum Gasteiger partial charge on any atom is -0.274 e. The van der Waals surface area contributed by atoms with Gasteiger partial charge in [0, 0.05) is 18.8 Å². The topological polar surface area (TPSA) is 47.4 Å². The highest BCUT2D eigenvalue weighted by molar-refractivity contribution is 5.99. The Morgan fingerprint density at radius 3 is 2.44 bits per heavy atom. The van der Waals surface area contributed by atoms with E-state index in [1.165, 1.54) is 12.2 Å². The normalized spacial score (nSPS) is 10.7. The number of nitrogens with zero attached hydrogens (tertiary/aromatic N) is 3. The summed E-state index contributed by atoms with van der Waals surface area (Å²) >= 11 is 0. The molecule has 0 aliphatic rings. The predicted molar refractivity (Wildman–Crippen MR) is 97.0 cm³/mol. The minimum absolute atomic E-state index is 0.225. The van der Waals surface area contributed by atoms with Gasteiger partial charge < -0.3 is 0 Å². The highest BCUT2D eigenvalue weighted by atomic mass is 16.7. The standard InChI is InChI=1S/C20H21N3O2/c1-15-9-11-17(12-10-15)19-18(20(24)22(2)25-3)14-23(21-19)13-16-7-5-4-6-8-16/h4-12,14H,13H2,1-3H3. The number of hydrogen-bond donors (Lipinski definition) is 0. The number of aromatic nitrogens is 2. The zero-order chi connectivity index (χ0) is 17.8. The molecule has 25 heavy (non-hydrogen) atoms. The molecular formula is C20H21N3O2. The molecule has 0 atom stereocenters. The fourth-order valence-electron chi connectivity index (χ4n) is 2.61. The molecule has 128 valence electrons. The van der Waals surface area contributed by atoms with Crippen molar-refractivity contribution < 1.29 is 9.63 Å². The Bertz CT molecular complexity index is 854. The second kappa shape index (κ2) is 7.32. The minimum atomic E-state index is -0.225. The van der Waals surface area contributed by atoms with Crippen LogP contribution in [0.3, 0.4) is 0 Å². The van der Waals surface area contributed by atoms with Gasteiger partial charge in [0.15, 0.2) is 0 Å². The fourth-order valence-corrected chi connectivity index (χ4v) is 2.61. The Labute approximate surface area is 147 Å². The van der Waals surface area contributed by atoms with Crippen molar-refractivity contribution in [3.8, 4) is 11.3 Å². The summed E-state index contributed by atoms with van der Waals surface area (Å²) in [5.41, 5.74) is 4.37. The van der Waals surface area contributed by atoms with Crippen molar-refractivity contribution in [1.29, 1.82) is 0 Å². The largest absolute Gasteiger partial charge is 0.280 e. The number of amides is 1. The molecule has 0 bridgehead atoms. The molecule has 5 heteroatoms. The summed E-state index contributed by atoms with van der Waals surface area (Å²) in [6.45, 7) is 2.63. The molecule has 3 aromatic rings. The molecule has 0 aliphatic carbocycles. The van der Waals surface area contributed by atoms with Crippen LogP contribution in [-0.4, -0.2) is 34.9 Å². The van der Waals surface area contributed by atoms with Gasteiger partial charge in [-0.25, -0.2) is 5.06 Å². The third-order valence-corrected chi connectivity index (χ3v) is 4.06.